The van der Waals surface area contributed by atoms with Crippen molar-refractivity contribution in [2.75, 3.05) is 14.2 Å². The van der Waals surface area contributed by atoms with Crippen molar-refractivity contribution in [2.24, 2.45) is 0 Å². The smallest absolute Gasteiger partial charge is 0.323 e. The van der Waals surface area contributed by atoms with E-state index in [-0.39, 0.29) is 12.0 Å². The predicted molar refractivity (Wildman–Crippen MR) is 70.3 cm³/mol. The highest BCUT2D eigenvalue weighted by Gasteiger charge is 2.17. The quantitative estimate of drug-likeness (QED) is 0.829. The molecule has 0 radical (unpaired) electrons. The molecule has 0 saturated carbocycles. The average Bonchev–Trinajstić information content (AvgIpc) is 2.43. The maximum atomic E-state index is 11.5. The summed E-state index contributed by atoms with van der Waals surface area (Å²) >= 11 is 0. The predicted octanol–water partition coefficient (Wildman–Crippen LogP) is 1.54. The van der Waals surface area contributed by atoms with Gasteiger partial charge in [-0.15, -0.1) is 0 Å². The fourth-order valence-corrected chi connectivity index (χ4v) is 1.93. The number of esters is 1. The molecule has 0 bridgehead atoms. The molecule has 94 valence electrons. The molecule has 18 heavy (non-hydrogen) atoms. The number of rotatable bonds is 4. The summed E-state index contributed by atoms with van der Waals surface area (Å²) in [6, 6.07) is 9.61. The Morgan fingerprint density at radius 3 is 3.00 bits per heavy atom. The van der Waals surface area contributed by atoms with Crippen molar-refractivity contribution < 1.29 is 9.53 Å². The Kier molecular flexibility index (Phi) is 3.89. The highest BCUT2D eigenvalue weighted by molar-refractivity contribution is 5.80. The van der Waals surface area contributed by atoms with Gasteiger partial charge >= 0.3 is 5.97 Å². The van der Waals surface area contributed by atoms with E-state index in [1.165, 1.54) is 7.11 Å². The summed E-state index contributed by atoms with van der Waals surface area (Å²) in [6.45, 7) is 0. The van der Waals surface area contributed by atoms with Gasteiger partial charge < -0.3 is 10.1 Å². The molecule has 0 spiro atoms. The molecular weight excluding hydrogens is 228 g/mol. The summed E-state index contributed by atoms with van der Waals surface area (Å²) in [4.78, 5) is 15.8. The van der Waals surface area contributed by atoms with Crippen molar-refractivity contribution in [3.63, 3.8) is 0 Å². The minimum atomic E-state index is -0.316. The molecule has 2 rings (SSSR count). The Labute approximate surface area is 106 Å². The fraction of sp³-hybridized carbons (Fsp3) is 0.286. The molecule has 1 heterocycles. The number of nitrogens with one attached hydrogen (secondary N) is 1. The zero-order valence-electron chi connectivity index (χ0n) is 10.5. The van der Waals surface area contributed by atoms with Crippen LogP contribution in [0.25, 0.3) is 10.9 Å². The lowest BCUT2D eigenvalue weighted by Crippen LogP contribution is -2.36. The standard InChI is InChI=1S/C14H16N2O2/c1-15-13(14(17)18-2)9-10-5-6-12-11(8-10)4-3-7-16-12/h3-8,13,15H,9H2,1-2H3/t13-/m0/s1. The van der Waals surface area contributed by atoms with Crippen molar-refractivity contribution >= 4 is 16.9 Å². The first kappa shape index (κ1) is 12.5. The molecule has 0 saturated heterocycles. The number of ether oxygens (including phenoxy) is 1. The number of carbonyl (C=O) groups excluding carboxylic acids is 1. The Hall–Kier alpha value is -1.94. The van der Waals surface area contributed by atoms with Crippen LogP contribution in [0.2, 0.25) is 0 Å². The first-order valence-electron chi connectivity index (χ1n) is 5.83. The van der Waals surface area contributed by atoms with Crippen molar-refractivity contribution in [3.05, 3.63) is 42.1 Å². The number of methoxy groups -OCH3 is 1. The van der Waals surface area contributed by atoms with Gasteiger partial charge in [-0.05, 0) is 37.2 Å². The van der Waals surface area contributed by atoms with E-state index < -0.39 is 0 Å². The van der Waals surface area contributed by atoms with Gasteiger partial charge in [-0.2, -0.15) is 0 Å². The van der Waals surface area contributed by atoms with Crippen LogP contribution in [-0.4, -0.2) is 31.2 Å². The van der Waals surface area contributed by atoms with Gasteiger partial charge in [0.1, 0.15) is 6.04 Å². The van der Waals surface area contributed by atoms with Crippen molar-refractivity contribution in [3.8, 4) is 0 Å². The molecule has 1 atom stereocenters. The number of hydrogen-bond acceptors (Lipinski definition) is 4. The summed E-state index contributed by atoms with van der Waals surface area (Å²) in [5.74, 6) is -0.246. The maximum absolute atomic E-state index is 11.5. The van der Waals surface area contributed by atoms with E-state index in [0.29, 0.717) is 6.42 Å². The summed E-state index contributed by atoms with van der Waals surface area (Å²) in [7, 11) is 3.15. The fourth-order valence-electron chi connectivity index (χ4n) is 1.93. The highest BCUT2D eigenvalue weighted by atomic mass is 16.5. The number of pyridine rings is 1. The average molecular weight is 244 g/mol. The first-order valence-corrected chi connectivity index (χ1v) is 5.83. The van der Waals surface area contributed by atoms with Crippen LogP contribution < -0.4 is 5.32 Å². The lowest BCUT2D eigenvalue weighted by molar-refractivity contribution is -0.142. The Bertz CT molecular complexity index is 554. The zero-order chi connectivity index (χ0) is 13.0. The molecule has 1 aromatic carbocycles. The lowest BCUT2D eigenvalue weighted by atomic mass is 10.0. The second-order valence-electron chi connectivity index (χ2n) is 4.10. The Balaban J connectivity index is 2.23. The van der Waals surface area contributed by atoms with Crippen LogP contribution >= 0.6 is 0 Å². The highest BCUT2D eigenvalue weighted by Crippen LogP contribution is 2.14. The second kappa shape index (κ2) is 5.60. The molecule has 0 aliphatic rings. The van der Waals surface area contributed by atoms with Gasteiger partial charge in [-0.3, -0.25) is 9.78 Å². The third-order valence-corrected chi connectivity index (χ3v) is 2.94. The largest absolute Gasteiger partial charge is 0.468 e. The number of benzene rings is 1. The van der Waals surface area contributed by atoms with E-state index in [2.05, 4.69) is 16.4 Å². The van der Waals surface area contributed by atoms with Crippen LogP contribution in [0.3, 0.4) is 0 Å². The normalized spacial score (nSPS) is 12.3. The third kappa shape index (κ3) is 2.65. The summed E-state index contributed by atoms with van der Waals surface area (Å²) in [5, 5.41) is 4.04. The van der Waals surface area contributed by atoms with Crippen LogP contribution in [0.4, 0.5) is 0 Å². The lowest BCUT2D eigenvalue weighted by Gasteiger charge is -2.13. The van der Waals surface area contributed by atoms with E-state index in [9.17, 15) is 4.79 Å². The molecule has 0 aliphatic heterocycles. The van der Waals surface area contributed by atoms with E-state index in [4.69, 9.17) is 4.74 Å². The monoisotopic (exact) mass is 244 g/mol. The number of aromatic nitrogens is 1. The van der Waals surface area contributed by atoms with Gasteiger partial charge in [0, 0.05) is 11.6 Å². The van der Waals surface area contributed by atoms with Gasteiger partial charge in [-0.25, -0.2) is 0 Å². The minimum Gasteiger partial charge on any atom is -0.468 e. The van der Waals surface area contributed by atoms with Crippen LogP contribution in [-0.2, 0) is 16.0 Å². The van der Waals surface area contributed by atoms with Crippen LogP contribution in [0.15, 0.2) is 36.5 Å². The number of nitrogens with zero attached hydrogens (tertiary/aromatic N) is 1. The summed E-state index contributed by atoms with van der Waals surface area (Å²) in [5.41, 5.74) is 2.04. The maximum Gasteiger partial charge on any atom is 0.323 e. The van der Waals surface area contributed by atoms with Crippen LogP contribution in [0.1, 0.15) is 5.56 Å². The number of fused-ring (bicyclic) bond motifs is 1. The molecular formula is C14H16N2O2. The number of likely N-dealkylation sites (N-methyl/N-ethyl adjacent to an activating group) is 1. The van der Waals surface area contributed by atoms with E-state index >= 15 is 0 Å². The van der Waals surface area contributed by atoms with Crippen molar-refractivity contribution in [1.29, 1.82) is 0 Å². The van der Waals surface area contributed by atoms with Gasteiger partial charge in [0.05, 0.1) is 12.6 Å². The van der Waals surface area contributed by atoms with Crippen LogP contribution in [0.5, 0.6) is 0 Å². The van der Waals surface area contributed by atoms with E-state index in [0.717, 1.165) is 16.5 Å². The SMILES string of the molecule is CN[C@@H](Cc1ccc2ncccc2c1)C(=O)OC. The van der Waals surface area contributed by atoms with Gasteiger partial charge in [0.15, 0.2) is 0 Å². The van der Waals surface area contributed by atoms with Crippen molar-refractivity contribution in [1.82, 2.24) is 10.3 Å². The number of hydrogen-bond donors (Lipinski definition) is 1. The van der Waals surface area contributed by atoms with E-state index in [1.54, 1.807) is 13.2 Å². The minimum absolute atomic E-state index is 0.246. The van der Waals surface area contributed by atoms with Crippen LogP contribution in [0, 0.1) is 0 Å². The topological polar surface area (TPSA) is 51.2 Å². The number of carbonyl (C=O) groups is 1. The molecule has 1 aromatic heterocycles. The first-order chi connectivity index (χ1) is 8.74. The second-order valence-corrected chi connectivity index (χ2v) is 4.10. The summed E-state index contributed by atoms with van der Waals surface area (Å²) in [6.07, 6.45) is 2.38. The Morgan fingerprint density at radius 2 is 2.28 bits per heavy atom. The van der Waals surface area contributed by atoms with E-state index in [1.807, 2.05) is 24.3 Å². The summed E-state index contributed by atoms with van der Waals surface area (Å²) < 4.78 is 4.75. The van der Waals surface area contributed by atoms with Gasteiger partial charge in [0.25, 0.3) is 0 Å². The third-order valence-electron chi connectivity index (χ3n) is 2.94. The molecule has 0 aliphatic carbocycles. The molecule has 4 nitrogen and oxygen atoms in total. The molecule has 4 heteroatoms. The Morgan fingerprint density at radius 1 is 1.44 bits per heavy atom. The van der Waals surface area contributed by atoms with Crippen molar-refractivity contribution in [2.45, 2.75) is 12.5 Å². The van der Waals surface area contributed by atoms with Gasteiger partial charge in [-0.1, -0.05) is 12.1 Å². The molecule has 2 aromatic rings. The zero-order valence-corrected chi connectivity index (χ0v) is 10.5. The molecule has 0 unspecified atom stereocenters. The molecule has 0 amide bonds. The molecule has 0 fully saturated rings. The molecule has 1 N–H and O–H groups in total. The van der Waals surface area contributed by atoms with Gasteiger partial charge in [0.2, 0.25) is 0 Å².